The fourth-order valence-electron chi connectivity index (χ4n) is 2.53. The third kappa shape index (κ3) is 4.37. The van der Waals surface area contributed by atoms with Gasteiger partial charge in [0.1, 0.15) is 5.75 Å². The Morgan fingerprint density at radius 3 is 2.38 bits per heavy atom. The second-order valence-corrected chi connectivity index (χ2v) is 5.80. The fourth-order valence-corrected chi connectivity index (χ4v) is 2.53. The number of rotatable bonds is 6. The lowest BCUT2D eigenvalue weighted by molar-refractivity contribution is -0.126. The number of nitriles is 1. The second kappa shape index (κ2) is 8.63. The van der Waals surface area contributed by atoms with Crippen molar-refractivity contribution in [2.24, 2.45) is 5.92 Å². The van der Waals surface area contributed by atoms with Crippen molar-refractivity contribution >= 4 is 23.5 Å². The molecule has 0 radical (unpaired) electrons. The number of ketones is 1. The second-order valence-electron chi connectivity index (χ2n) is 5.80. The average molecular weight is 348 g/mol. The maximum absolute atomic E-state index is 12.4. The Hall–Kier alpha value is -3.39. The number of amides is 1. The zero-order valence-electron chi connectivity index (χ0n) is 14.9. The lowest BCUT2D eigenvalue weighted by Gasteiger charge is -2.13. The highest BCUT2D eigenvalue weighted by molar-refractivity contribution is 6.14. The van der Waals surface area contributed by atoms with E-state index in [0.717, 1.165) is 11.1 Å². The van der Waals surface area contributed by atoms with Crippen LogP contribution in [-0.2, 0) is 9.59 Å². The van der Waals surface area contributed by atoms with E-state index < -0.39 is 17.6 Å². The van der Waals surface area contributed by atoms with Crippen LogP contribution < -0.4 is 10.1 Å². The Labute approximate surface area is 152 Å². The number of carbonyl (C=O) groups excluding carboxylic acids is 2. The summed E-state index contributed by atoms with van der Waals surface area (Å²) in [5, 5.41) is 12.0. The maximum Gasteiger partial charge on any atom is 0.249 e. The summed E-state index contributed by atoms with van der Waals surface area (Å²) in [6.07, 6.45) is 2.77. The van der Waals surface area contributed by atoms with Gasteiger partial charge in [0.05, 0.1) is 13.2 Å². The number of hydrogen-bond acceptors (Lipinski definition) is 4. The summed E-state index contributed by atoms with van der Waals surface area (Å²) in [7, 11) is 1.53. The van der Waals surface area contributed by atoms with Crippen LogP contribution in [0.1, 0.15) is 16.7 Å². The summed E-state index contributed by atoms with van der Waals surface area (Å²) in [5.74, 6) is -2.04. The minimum Gasteiger partial charge on any atom is -0.496 e. The van der Waals surface area contributed by atoms with E-state index in [0.29, 0.717) is 17.0 Å². The first-order chi connectivity index (χ1) is 12.5. The summed E-state index contributed by atoms with van der Waals surface area (Å²) in [4.78, 5) is 24.7. The number of para-hydroxylation sites is 2. The molecule has 0 unspecified atom stereocenters. The molecular weight excluding hydrogens is 328 g/mol. The van der Waals surface area contributed by atoms with E-state index in [4.69, 9.17) is 4.74 Å². The number of allylic oxidation sites excluding steroid dienone is 1. The number of anilines is 1. The molecule has 132 valence electrons. The molecule has 0 aliphatic heterocycles. The predicted octanol–water partition coefficient (Wildman–Crippen LogP) is 3.67. The van der Waals surface area contributed by atoms with Gasteiger partial charge >= 0.3 is 0 Å². The van der Waals surface area contributed by atoms with Crippen LogP contribution in [0, 0.1) is 31.1 Å². The van der Waals surface area contributed by atoms with Gasteiger partial charge in [-0.3, -0.25) is 9.59 Å². The molecule has 1 atom stereocenters. The number of benzene rings is 2. The molecule has 0 saturated carbocycles. The Balaban J connectivity index is 2.17. The van der Waals surface area contributed by atoms with Crippen LogP contribution in [0.4, 0.5) is 5.69 Å². The third-order valence-electron chi connectivity index (χ3n) is 3.97. The summed E-state index contributed by atoms with van der Waals surface area (Å²) in [6, 6.07) is 14.5. The van der Waals surface area contributed by atoms with E-state index in [1.807, 2.05) is 44.2 Å². The summed E-state index contributed by atoms with van der Waals surface area (Å²) in [5.41, 5.74) is 3.05. The number of hydrogen-bond donors (Lipinski definition) is 1. The lowest BCUT2D eigenvalue weighted by atomic mass is 10.0. The SMILES string of the molecule is COc1ccccc1/C=C\C(=O)[C@H](C#N)C(=O)Nc1c(C)cccc1C. The van der Waals surface area contributed by atoms with Gasteiger partial charge in [0.2, 0.25) is 5.91 Å². The Bertz CT molecular complexity index is 874. The van der Waals surface area contributed by atoms with Crippen LogP contribution in [0.3, 0.4) is 0 Å². The minimum absolute atomic E-state index is 0.581. The molecule has 0 aliphatic rings. The fraction of sp³-hybridized carbons (Fsp3) is 0.190. The van der Waals surface area contributed by atoms with Gasteiger partial charge in [-0.15, -0.1) is 0 Å². The van der Waals surface area contributed by atoms with Crippen LogP contribution in [0.25, 0.3) is 6.08 Å². The van der Waals surface area contributed by atoms with E-state index in [2.05, 4.69) is 5.32 Å². The van der Waals surface area contributed by atoms with Gasteiger partial charge in [-0.2, -0.15) is 5.26 Å². The molecule has 0 aromatic heterocycles. The molecule has 0 saturated heterocycles. The van der Waals surface area contributed by atoms with E-state index in [9.17, 15) is 14.9 Å². The van der Waals surface area contributed by atoms with Gasteiger partial charge in [-0.1, -0.05) is 36.4 Å². The quantitative estimate of drug-likeness (QED) is 0.638. The highest BCUT2D eigenvalue weighted by Gasteiger charge is 2.25. The topological polar surface area (TPSA) is 79.2 Å². The van der Waals surface area contributed by atoms with Crippen molar-refractivity contribution in [1.29, 1.82) is 5.26 Å². The first kappa shape index (κ1) is 18.9. The van der Waals surface area contributed by atoms with Gasteiger partial charge in [0, 0.05) is 11.3 Å². The van der Waals surface area contributed by atoms with Crippen LogP contribution in [0.2, 0.25) is 0 Å². The van der Waals surface area contributed by atoms with E-state index in [1.54, 1.807) is 18.2 Å². The normalized spacial score (nSPS) is 11.6. The minimum atomic E-state index is -1.42. The van der Waals surface area contributed by atoms with Crippen molar-refractivity contribution in [1.82, 2.24) is 0 Å². The van der Waals surface area contributed by atoms with Gasteiger partial charge < -0.3 is 10.1 Å². The van der Waals surface area contributed by atoms with Gasteiger partial charge in [0.25, 0.3) is 0 Å². The molecule has 2 rings (SSSR count). The largest absolute Gasteiger partial charge is 0.496 e. The van der Waals surface area contributed by atoms with Gasteiger partial charge in [-0.05, 0) is 43.2 Å². The molecule has 5 nitrogen and oxygen atoms in total. The number of aryl methyl sites for hydroxylation is 2. The van der Waals surface area contributed by atoms with Crippen molar-refractivity contribution in [3.8, 4) is 11.8 Å². The molecule has 0 heterocycles. The highest BCUT2D eigenvalue weighted by atomic mass is 16.5. The van der Waals surface area contributed by atoms with Crippen LogP contribution >= 0.6 is 0 Å². The van der Waals surface area contributed by atoms with E-state index in [-0.39, 0.29) is 0 Å². The van der Waals surface area contributed by atoms with Crippen LogP contribution in [0.15, 0.2) is 48.5 Å². The maximum atomic E-state index is 12.4. The third-order valence-corrected chi connectivity index (χ3v) is 3.97. The molecule has 1 N–H and O–H groups in total. The lowest BCUT2D eigenvalue weighted by Crippen LogP contribution is -2.28. The van der Waals surface area contributed by atoms with Gasteiger partial charge in [0.15, 0.2) is 11.7 Å². The van der Waals surface area contributed by atoms with E-state index >= 15 is 0 Å². The molecule has 26 heavy (non-hydrogen) atoms. The number of ether oxygens (including phenoxy) is 1. The molecular formula is C21H20N2O3. The zero-order chi connectivity index (χ0) is 19.1. The summed E-state index contributed by atoms with van der Waals surface area (Å²) >= 11 is 0. The number of nitrogens with one attached hydrogen (secondary N) is 1. The Morgan fingerprint density at radius 2 is 1.77 bits per heavy atom. The highest BCUT2D eigenvalue weighted by Crippen LogP contribution is 2.21. The van der Waals surface area contributed by atoms with Crippen molar-refractivity contribution < 1.29 is 14.3 Å². The number of carbonyl (C=O) groups is 2. The van der Waals surface area contributed by atoms with Crippen molar-refractivity contribution in [2.75, 3.05) is 12.4 Å². The molecule has 0 aliphatic carbocycles. The average Bonchev–Trinajstić information content (AvgIpc) is 2.64. The summed E-state index contributed by atoms with van der Waals surface area (Å²) in [6.45, 7) is 3.71. The number of methoxy groups -OCH3 is 1. The van der Waals surface area contributed by atoms with E-state index in [1.165, 1.54) is 19.3 Å². The molecule has 2 aromatic carbocycles. The molecule has 0 spiro atoms. The van der Waals surface area contributed by atoms with Crippen LogP contribution in [0.5, 0.6) is 5.75 Å². The number of nitrogens with zero attached hydrogens (tertiary/aromatic N) is 1. The molecule has 0 fully saturated rings. The Kier molecular flexibility index (Phi) is 6.29. The molecule has 1 amide bonds. The van der Waals surface area contributed by atoms with Crippen LogP contribution in [-0.4, -0.2) is 18.8 Å². The molecule has 5 heteroatoms. The zero-order valence-corrected chi connectivity index (χ0v) is 14.9. The summed E-state index contributed by atoms with van der Waals surface area (Å²) < 4.78 is 5.21. The Morgan fingerprint density at radius 1 is 1.12 bits per heavy atom. The smallest absolute Gasteiger partial charge is 0.249 e. The van der Waals surface area contributed by atoms with Crippen molar-refractivity contribution in [3.05, 3.63) is 65.2 Å². The molecule has 0 bridgehead atoms. The first-order valence-corrected chi connectivity index (χ1v) is 8.09. The van der Waals surface area contributed by atoms with Crippen molar-refractivity contribution in [2.45, 2.75) is 13.8 Å². The van der Waals surface area contributed by atoms with Crippen molar-refractivity contribution in [3.63, 3.8) is 0 Å². The molecule has 2 aromatic rings. The monoisotopic (exact) mass is 348 g/mol. The first-order valence-electron chi connectivity index (χ1n) is 8.09. The predicted molar refractivity (Wildman–Crippen MR) is 101 cm³/mol. The van der Waals surface area contributed by atoms with Gasteiger partial charge in [-0.25, -0.2) is 0 Å². The standard InChI is InChI=1S/C21H20N2O3/c1-14-7-6-8-15(2)20(14)23-21(25)17(13-22)18(24)12-11-16-9-4-5-10-19(16)26-3/h4-12,17H,1-3H3,(H,23,25)/b12-11-/t17-/m0/s1.